The number of nitrogens with one attached hydrogen (secondary N) is 1. The quantitative estimate of drug-likeness (QED) is 0.729. The van der Waals surface area contributed by atoms with Crippen molar-refractivity contribution in [2.45, 2.75) is 6.92 Å². The molecule has 0 spiro atoms. The zero-order valence-electron chi connectivity index (χ0n) is 10.9. The third-order valence-electron chi connectivity index (χ3n) is 2.78. The molecule has 0 amide bonds. The lowest BCUT2D eigenvalue weighted by atomic mass is 10.3. The van der Waals surface area contributed by atoms with Crippen molar-refractivity contribution >= 4 is 44.0 Å². The average Bonchev–Trinajstić information content (AvgIpc) is 2.82. The van der Waals surface area contributed by atoms with Crippen LogP contribution in [0.4, 0.5) is 10.8 Å². The first-order valence-electron chi connectivity index (χ1n) is 6.31. The van der Waals surface area contributed by atoms with Crippen molar-refractivity contribution in [3.05, 3.63) is 47.5 Å². The molecule has 0 unspecified atom stereocenters. The van der Waals surface area contributed by atoms with Crippen LogP contribution < -0.4 is 10.1 Å². The van der Waals surface area contributed by atoms with Crippen molar-refractivity contribution in [1.29, 1.82) is 0 Å². The summed E-state index contributed by atoms with van der Waals surface area (Å²) in [6.45, 7) is 2.60. The Kier molecular flexibility index (Phi) is 3.76. The molecule has 3 rings (SSSR count). The minimum Gasteiger partial charge on any atom is -0.492 e. The molecule has 0 aliphatic rings. The molecule has 5 heteroatoms. The van der Waals surface area contributed by atoms with Gasteiger partial charge >= 0.3 is 0 Å². The number of nitrogens with zero attached hydrogens (tertiary/aromatic N) is 1. The van der Waals surface area contributed by atoms with Crippen molar-refractivity contribution < 1.29 is 4.74 Å². The van der Waals surface area contributed by atoms with Crippen LogP contribution in [-0.4, -0.2) is 11.6 Å². The first-order valence-corrected chi connectivity index (χ1v) is 7.50. The van der Waals surface area contributed by atoms with E-state index in [4.69, 9.17) is 16.3 Å². The van der Waals surface area contributed by atoms with Crippen LogP contribution in [0, 0.1) is 0 Å². The van der Waals surface area contributed by atoms with Crippen LogP contribution in [0.5, 0.6) is 5.75 Å². The number of fused-ring (bicyclic) bond motifs is 1. The molecule has 0 aliphatic heterocycles. The highest BCUT2D eigenvalue weighted by Crippen LogP contribution is 2.33. The standard InChI is InChI=1S/C15H13ClN2OS/c1-2-19-13-6-4-3-5-11(13)17-15-18-12-8-7-10(16)9-14(12)20-15/h3-9H,2H2,1H3,(H,17,18). The van der Waals surface area contributed by atoms with Crippen molar-refractivity contribution in [3.63, 3.8) is 0 Å². The van der Waals surface area contributed by atoms with Crippen LogP contribution in [0.15, 0.2) is 42.5 Å². The van der Waals surface area contributed by atoms with E-state index in [1.807, 2.05) is 49.4 Å². The van der Waals surface area contributed by atoms with E-state index < -0.39 is 0 Å². The van der Waals surface area contributed by atoms with E-state index in [0.717, 1.165) is 31.8 Å². The van der Waals surface area contributed by atoms with Gasteiger partial charge in [-0.2, -0.15) is 0 Å². The number of halogens is 1. The maximum atomic E-state index is 5.99. The fourth-order valence-corrected chi connectivity index (χ4v) is 3.07. The molecule has 0 atom stereocenters. The SMILES string of the molecule is CCOc1ccccc1Nc1nc2ccc(Cl)cc2s1. The lowest BCUT2D eigenvalue weighted by molar-refractivity contribution is 0.342. The minimum atomic E-state index is 0.633. The highest BCUT2D eigenvalue weighted by molar-refractivity contribution is 7.22. The summed E-state index contributed by atoms with van der Waals surface area (Å²) in [5, 5.41) is 4.86. The summed E-state index contributed by atoms with van der Waals surface area (Å²) in [5.74, 6) is 0.826. The molecule has 1 heterocycles. The van der Waals surface area contributed by atoms with E-state index in [2.05, 4.69) is 10.3 Å². The summed E-state index contributed by atoms with van der Waals surface area (Å²) < 4.78 is 6.66. The Morgan fingerprint density at radius 2 is 2.10 bits per heavy atom. The number of anilines is 2. The van der Waals surface area contributed by atoms with Gasteiger partial charge < -0.3 is 10.1 Å². The monoisotopic (exact) mass is 304 g/mol. The predicted molar refractivity (Wildman–Crippen MR) is 85.5 cm³/mol. The highest BCUT2D eigenvalue weighted by Gasteiger charge is 2.07. The molecule has 0 radical (unpaired) electrons. The first-order chi connectivity index (χ1) is 9.76. The van der Waals surface area contributed by atoms with Gasteiger partial charge in [-0.15, -0.1) is 0 Å². The molecule has 0 bridgehead atoms. The van der Waals surface area contributed by atoms with Crippen LogP contribution in [0.1, 0.15) is 6.92 Å². The Bertz CT molecular complexity index is 742. The Hall–Kier alpha value is -1.78. The highest BCUT2D eigenvalue weighted by atomic mass is 35.5. The van der Waals surface area contributed by atoms with E-state index >= 15 is 0 Å². The van der Waals surface area contributed by atoms with E-state index in [1.165, 1.54) is 0 Å². The topological polar surface area (TPSA) is 34.1 Å². The largest absolute Gasteiger partial charge is 0.492 e. The number of aromatic nitrogens is 1. The van der Waals surface area contributed by atoms with Gasteiger partial charge in [0.25, 0.3) is 0 Å². The van der Waals surface area contributed by atoms with Crippen molar-refractivity contribution in [2.75, 3.05) is 11.9 Å². The molecule has 20 heavy (non-hydrogen) atoms. The van der Waals surface area contributed by atoms with Gasteiger partial charge in [-0.1, -0.05) is 35.1 Å². The van der Waals surface area contributed by atoms with Crippen LogP contribution in [-0.2, 0) is 0 Å². The third kappa shape index (κ3) is 2.71. The van der Waals surface area contributed by atoms with E-state index in [-0.39, 0.29) is 0 Å². The van der Waals surface area contributed by atoms with Crippen LogP contribution in [0.25, 0.3) is 10.2 Å². The maximum Gasteiger partial charge on any atom is 0.188 e. The number of para-hydroxylation sites is 2. The van der Waals surface area contributed by atoms with Gasteiger partial charge in [-0.3, -0.25) is 0 Å². The zero-order valence-corrected chi connectivity index (χ0v) is 12.5. The maximum absolute atomic E-state index is 5.99. The molecule has 3 nitrogen and oxygen atoms in total. The van der Waals surface area contributed by atoms with Crippen LogP contribution in [0.2, 0.25) is 5.02 Å². The number of rotatable bonds is 4. The molecule has 0 saturated heterocycles. The number of thiazole rings is 1. The third-order valence-corrected chi connectivity index (χ3v) is 3.95. The lowest BCUT2D eigenvalue weighted by Crippen LogP contribution is -1.97. The minimum absolute atomic E-state index is 0.633. The molecule has 0 fully saturated rings. The Balaban J connectivity index is 1.93. The van der Waals surface area contributed by atoms with Gasteiger partial charge in [0.2, 0.25) is 0 Å². The van der Waals surface area contributed by atoms with Gasteiger partial charge in [0.1, 0.15) is 5.75 Å². The number of hydrogen-bond acceptors (Lipinski definition) is 4. The summed E-state index contributed by atoms with van der Waals surface area (Å²) in [6.07, 6.45) is 0. The summed E-state index contributed by atoms with van der Waals surface area (Å²) in [7, 11) is 0. The fourth-order valence-electron chi connectivity index (χ4n) is 1.92. The molecule has 1 aromatic heterocycles. The predicted octanol–water partition coefficient (Wildman–Crippen LogP) is 5.09. The molecule has 3 aromatic rings. The summed E-state index contributed by atoms with van der Waals surface area (Å²) in [4.78, 5) is 4.54. The van der Waals surface area contributed by atoms with Crippen molar-refractivity contribution in [1.82, 2.24) is 4.98 Å². The Labute approximate surface area is 126 Å². The van der Waals surface area contributed by atoms with Gasteiger partial charge in [-0.25, -0.2) is 4.98 Å². The molecular formula is C15H13ClN2OS. The normalized spacial score (nSPS) is 10.7. The average molecular weight is 305 g/mol. The van der Waals surface area contributed by atoms with Crippen LogP contribution in [0.3, 0.4) is 0 Å². The summed E-state index contributed by atoms with van der Waals surface area (Å²) >= 11 is 7.56. The van der Waals surface area contributed by atoms with Gasteiger partial charge in [0, 0.05) is 5.02 Å². The lowest BCUT2D eigenvalue weighted by Gasteiger charge is -2.09. The van der Waals surface area contributed by atoms with E-state index in [9.17, 15) is 0 Å². The zero-order chi connectivity index (χ0) is 13.9. The fraction of sp³-hybridized carbons (Fsp3) is 0.133. The summed E-state index contributed by atoms with van der Waals surface area (Å²) in [5.41, 5.74) is 1.86. The van der Waals surface area contributed by atoms with Crippen molar-refractivity contribution in [3.8, 4) is 5.75 Å². The Morgan fingerprint density at radius 3 is 2.95 bits per heavy atom. The second kappa shape index (κ2) is 5.69. The van der Waals surface area contributed by atoms with Crippen LogP contribution >= 0.6 is 22.9 Å². The number of hydrogen-bond donors (Lipinski definition) is 1. The second-order valence-corrected chi connectivity index (χ2v) is 5.65. The molecule has 2 aromatic carbocycles. The molecular weight excluding hydrogens is 292 g/mol. The molecule has 102 valence electrons. The second-order valence-electron chi connectivity index (χ2n) is 4.19. The van der Waals surface area contributed by atoms with Gasteiger partial charge in [0.05, 0.1) is 22.5 Å². The summed E-state index contributed by atoms with van der Waals surface area (Å²) in [6, 6.07) is 13.5. The number of ether oxygens (including phenoxy) is 1. The number of benzene rings is 2. The van der Waals surface area contributed by atoms with Crippen molar-refractivity contribution in [2.24, 2.45) is 0 Å². The molecule has 0 aliphatic carbocycles. The first kappa shape index (κ1) is 13.2. The molecule has 1 N–H and O–H groups in total. The smallest absolute Gasteiger partial charge is 0.188 e. The van der Waals surface area contributed by atoms with E-state index in [0.29, 0.717) is 6.61 Å². The van der Waals surface area contributed by atoms with Gasteiger partial charge in [0.15, 0.2) is 5.13 Å². The Morgan fingerprint density at radius 1 is 1.25 bits per heavy atom. The molecule has 0 saturated carbocycles. The van der Waals surface area contributed by atoms with E-state index in [1.54, 1.807) is 11.3 Å². The van der Waals surface area contributed by atoms with Gasteiger partial charge in [-0.05, 0) is 37.3 Å².